The van der Waals surface area contributed by atoms with Crippen LogP contribution in [-0.4, -0.2) is 10.1 Å². The summed E-state index contributed by atoms with van der Waals surface area (Å²) < 4.78 is 2.13. The zero-order valence-electron chi connectivity index (χ0n) is 10.0. The van der Waals surface area contributed by atoms with E-state index in [0.29, 0.717) is 5.75 Å². The molecule has 3 aromatic rings. The summed E-state index contributed by atoms with van der Waals surface area (Å²) in [5.74, 6) is 1.10. The van der Waals surface area contributed by atoms with Crippen molar-refractivity contribution >= 4 is 39.0 Å². The number of thioether (sulfide) groups is 1. The number of anilines is 1. The topological polar surface area (TPSA) is 59.1 Å². The largest absolute Gasteiger partial charge is 0.508 e. The number of phenols is 1. The van der Waals surface area contributed by atoms with E-state index in [1.165, 1.54) is 0 Å². The number of hydrogen-bond donors (Lipinski definition) is 2. The molecule has 96 valence electrons. The van der Waals surface area contributed by atoms with Gasteiger partial charge in [0.1, 0.15) is 5.75 Å². The van der Waals surface area contributed by atoms with Crippen molar-refractivity contribution < 1.29 is 5.11 Å². The predicted molar refractivity (Wildman–Crippen MR) is 81.7 cm³/mol. The van der Waals surface area contributed by atoms with Gasteiger partial charge in [0, 0.05) is 11.4 Å². The van der Waals surface area contributed by atoms with E-state index in [4.69, 9.17) is 5.73 Å². The van der Waals surface area contributed by atoms with Gasteiger partial charge in [0.15, 0.2) is 4.34 Å². The van der Waals surface area contributed by atoms with E-state index in [1.54, 1.807) is 35.2 Å². The van der Waals surface area contributed by atoms with Gasteiger partial charge in [-0.3, -0.25) is 0 Å². The molecule has 0 radical (unpaired) electrons. The minimum Gasteiger partial charge on any atom is -0.508 e. The van der Waals surface area contributed by atoms with Gasteiger partial charge in [0.25, 0.3) is 0 Å². The zero-order valence-corrected chi connectivity index (χ0v) is 11.7. The third-order valence-electron chi connectivity index (χ3n) is 2.67. The number of phenolic OH excluding ortho intramolecular Hbond substituents is 1. The van der Waals surface area contributed by atoms with E-state index in [-0.39, 0.29) is 0 Å². The summed E-state index contributed by atoms with van der Waals surface area (Å²) in [6.45, 7) is 0. The molecule has 1 heterocycles. The number of fused-ring (bicyclic) bond motifs is 1. The Morgan fingerprint density at radius 2 is 2.11 bits per heavy atom. The van der Waals surface area contributed by atoms with Crippen LogP contribution in [0.1, 0.15) is 5.56 Å². The van der Waals surface area contributed by atoms with Crippen molar-refractivity contribution in [3.63, 3.8) is 0 Å². The molecule has 0 amide bonds. The first kappa shape index (κ1) is 12.3. The maximum Gasteiger partial charge on any atom is 0.151 e. The van der Waals surface area contributed by atoms with Crippen LogP contribution in [0.3, 0.4) is 0 Å². The summed E-state index contributed by atoms with van der Waals surface area (Å²) in [6.07, 6.45) is 0. The first-order chi connectivity index (χ1) is 9.20. The SMILES string of the molecule is Nc1ccc2nc(SCc3cccc(O)c3)sc2c1. The lowest BCUT2D eigenvalue weighted by Crippen LogP contribution is -1.81. The van der Waals surface area contributed by atoms with Gasteiger partial charge in [0.05, 0.1) is 10.2 Å². The highest BCUT2D eigenvalue weighted by molar-refractivity contribution is 8.00. The molecule has 0 saturated heterocycles. The first-order valence-electron chi connectivity index (χ1n) is 5.77. The highest BCUT2D eigenvalue weighted by Gasteiger charge is 2.05. The van der Waals surface area contributed by atoms with Crippen molar-refractivity contribution in [1.82, 2.24) is 4.98 Å². The van der Waals surface area contributed by atoms with Crippen LogP contribution >= 0.6 is 23.1 Å². The summed E-state index contributed by atoms with van der Waals surface area (Å²) in [4.78, 5) is 4.55. The Morgan fingerprint density at radius 1 is 1.21 bits per heavy atom. The second-order valence-corrected chi connectivity index (χ2v) is 6.42. The van der Waals surface area contributed by atoms with Crippen LogP contribution in [0.5, 0.6) is 5.75 Å². The normalized spacial score (nSPS) is 10.9. The molecule has 5 heteroatoms. The molecule has 3 rings (SSSR count). The van der Waals surface area contributed by atoms with E-state index in [1.807, 2.05) is 30.3 Å². The molecule has 19 heavy (non-hydrogen) atoms. The van der Waals surface area contributed by atoms with Crippen LogP contribution in [0.2, 0.25) is 0 Å². The fourth-order valence-electron chi connectivity index (χ4n) is 1.77. The molecule has 1 aromatic heterocycles. The fraction of sp³-hybridized carbons (Fsp3) is 0.0714. The monoisotopic (exact) mass is 288 g/mol. The summed E-state index contributed by atoms with van der Waals surface area (Å²) in [7, 11) is 0. The molecule has 0 spiro atoms. The number of nitrogens with two attached hydrogens (primary N) is 1. The number of rotatable bonds is 3. The quantitative estimate of drug-likeness (QED) is 0.567. The van der Waals surface area contributed by atoms with Crippen molar-refractivity contribution in [3.8, 4) is 5.75 Å². The molecular formula is C14H12N2OS2. The van der Waals surface area contributed by atoms with Crippen molar-refractivity contribution in [3.05, 3.63) is 48.0 Å². The number of aromatic hydroxyl groups is 1. The Kier molecular flexibility index (Phi) is 3.31. The smallest absolute Gasteiger partial charge is 0.151 e. The number of benzene rings is 2. The highest BCUT2D eigenvalue weighted by Crippen LogP contribution is 2.32. The molecule has 2 aromatic carbocycles. The molecule has 0 atom stereocenters. The molecular weight excluding hydrogens is 276 g/mol. The number of nitrogens with zero attached hydrogens (tertiary/aromatic N) is 1. The van der Waals surface area contributed by atoms with Crippen LogP contribution in [0.4, 0.5) is 5.69 Å². The Labute approximate surface area is 119 Å². The lowest BCUT2D eigenvalue weighted by Gasteiger charge is -1.99. The summed E-state index contributed by atoms with van der Waals surface area (Å²) in [5, 5.41) is 9.42. The molecule has 3 N–H and O–H groups in total. The molecule has 0 saturated carbocycles. The van der Waals surface area contributed by atoms with E-state index in [0.717, 1.165) is 31.6 Å². The summed E-state index contributed by atoms with van der Waals surface area (Å²) >= 11 is 3.31. The van der Waals surface area contributed by atoms with Gasteiger partial charge in [-0.15, -0.1) is 11.3 Å². The zero-order chi connectivity index (χ0) is 13.2. The molecule has 0 fully saturated rings. The maximum absolute atomic E-state index is 9.42. The second-order valence-electron chi connectivity index (χ2n) is 4.17. The van der Waals surface area contributed by atoms with Crippen LogP contribution in [0.15, 0.2) is 46.8 Å². The Hall–Kier alpha value is -1.72. The van der Waals surface area contributed by atoms with Crippen molar-refractivity contribution in [2.24, 2.45) is 0 Å². The second kappa shape index (κ2) is 5.11. The molecule has 0 aliphatic carbocycles. The van der Waals surface area contributed by atoms with E-state index < -0.39 is 0 Å². The lowest BCUT2D eigenvalue weighted by molar-refractivity contribution is 0.475. The Balaban J connectivity index is 1.78. The van der Waals surface area contributed by atoms with Crippen LogP contribution in [-0.2, 0) is 5.75 Å². The lowest BCUT2D eigenvalue weighted by atomic mass is 10.2. The van der Waals surface area contributed by atoms with Crippen molar-refractivity contribution in [1.29, 1.82) is 0 Å². The average Bonchev–Trinajstić information content (AvgIpc) is 2.78. The highest BCUT2D eigenvalue weighted by atomic mass is 32.2. The van der Waals surface area contributed by atoms with Crippen LogP contribution < -0.4 is 5.73 Å². The Morgan fingerprint density at radius 3 is 2.95 bits per heavy atom. The molecule has 0 unspecified atom stereocenters. The first-order valence-corrected chi connectivity index (χ1v) is 7.58. The van der Waals surface area contributed by atoms with Crippen molar-refractivity contribution in [2.75, 3.05) is 5.73 Å². The van der Waals surface area contributed by atoms with E-state index in [9.17, 15) is 5.11 Å². The van der Waals surface area contributed by atoms with Crippen LogP contribution in [0, 0.1) is 0 Å². The average molecular weight is 288 g/mol. The number of thiazole rings is 1. The van der Waals surface area contributed by atoms with Gasteiger partial charge >= 0.3 is 0 Å². The van der Waals surface area contributed by atoms with Gasteiger partial charge < -0.3 is 10.8 Å². The molecule has 0 aliphatic rings. The van der Waals surface area contributed by atoms with Crippen LogP contribution in [0.25, 0.3) is 10.2 Å². The van der Waals surface area contributed by atoms with E-state index >= 15 is 0 Å². The third-order valence-corrected chi connectivity index (χ3v) is 4.90. The fourth-order valence-corrected chi connectivity index (χ4v) is 3.83. The standard InChI is InChI=1S/C14H12N2OS2/c15-10-4-5-12-13(7-10)19-14(16-12)18-8-9-2-1-3-11(17)6-9/h1-7,17H,8,15H2. The minimum atomic E-state index is 0.301. The summed E-state index contributed by atoms with van der Waals surface area (Å²) in [6, 6.07) is 13.1. The van der Waals surface area contributed by atoms with Gasteiger partial charge in [-0.1, -0.05) is 23.9 Å². The van der Waals surface area contributed by atoms with Gasteiger partial charge in [-0.05, 0) is 35.9 Å². The minimum absolute atomic E-state index is 0.301. The molecule has 0 aliphatic heterocycles. The number of nitrogen functional groups attached to an aromatic ring is 1. The third kappa shape index (κ3) is 2.83. The number of hydrogen-bond acceptors (Lipinski definition) is 5. The maximum atomic E-state index is 9.42. The van der Waals surface area contributed by atoms with E-state index in [2.05, 4.69) is 4.98 Å². The van der Waals surface area contributed by atoms with Gasteiger partial charge in [-0.2, -0.15) is 0 Å². The molecule has 0 bridgehead atoms. The van der Waals surface area contributed by atoms with Gasteiger partial charge in [0.2, 0.25) is 0 Å². The summed E-state index contributed by atoms with van der Waals surface area (Å²) in [5.41, 5.74) is 8.59. The van der Waals surface area contributed by atoms with Crippen molar-refractivity contribution in [2.45, 2.75) is 10.1 Å². The van der Waals surface area contributed by atoms with Gasteiger partial charge in [-0.25, -0.2) is 4.98 Å². The predicted octanol–water partition coefficient (Wildman–Crippen LogP) is 3.88. The number of aromatic nitrogens is 1. The molecule has 3 nitrogen and oxygen atoms in total. The Bertz CT molecular complexity index is 724.